The number of nitrogens with two attached hydrogens (primary N) is 1. The molecule has 0 bridgehead atoms. The zero-order valence-electron chi connectivity index (χ0n) is 10.2. The summed E-state index contributed by atoms with van der Waals surface area (Å²) >= 11 is 1.27. The van der Waals surface area contributed by atoms with E-state index in [0.29, 0.717) is 18.0 Å². The molecule has 19 heavy (non-hydrogen) atoms. The van der Waals surface area contributed by atoms with Gasteiger partial charge in [-0.15, -0.1) is 11.3 Å². The molecule has 1 heterocycles. The second kappa shape index (κ2) is 5.81. The molecule has 5 nitrogen and oxygen atoms in total. The van der Waals surface area contributed by atoms with Gasteiger partial charge in [0.25, 0.3) is 0 Å². The molecule has 0 fully saturated rings. The number of thiophene rings is 1. The Labute approximate surface area is 114 Å². The molecule has 0 aliphatic carbocycles. The van der Waals surface area contributed by atoms with E-state index >= 15 is 0 Å². The van der Waals surface area contributed by atoms with Crippen LogP contribution in [0, 0.1) is 0 Å². The number of carbonyl (C=O) groups excluding carboxylic acids is 1. The van der Waals surface area contributed by atoms with E-state index in [2.05, 4.69) is 5.32 Å². The Morgan fingerprint density at radius 2 is 2.05 bits per heavy atom. The first-order valence-corrected chi connectivity index (χ1v) is 6.64. The fourth-order valence-electron chi connectivity index (χ4n) is 1.87. The van der Waals surface area contributed by atoms with Crippen molar-refractivity contribution in [3.8, 4) is 0 Å². The van der Waals surface area contributed by atoms with E-state index in [9.17, 15) is 14.7 Å². The molecule has 0 atom stereocenters. The number of carbonyl (C=O) groups is 2. The number of hydrogen-bond donors (Lipinski definition) is 3. The van der Waals surface area contributed by atoms with Crippen LogP contribution in [-0.2, 0) is 11.3 Å². The Balaban J connectivity index is 2.22. The third kappa shape index (κ3) is 3.10. The van der Waals surface area contributed by atoms with Crippen LogP contribution in [0.1, 0.15) is 21.7 Å². The summed E-state index contributed by atoms with van der Waals surface area (Å²) < 4.78 is 0.951. The third-order valence-electron chi connectivity index (χ3n) is 2.74. The van der Waals surface area contributed by atoms with Crippen LogP contribution in [0.15, 0.2) is 24.3 Å². The van der Waals surface area contributed by atoms with Crippen LogP contribution in [-0.4, -0.2) is 23.5 Å². The molecule has 0 radical (unpaired) electrons. The molecule has 0 aliphatic rings. The number of carboxylic acids is 1. The number of primary amides is 1. The standard InChI is InChI=1S/C13H14N2O3S/c14-11(16)5-6-15-7-9-8-3-1-2-4-10(8)19-12(9)13(17)18/h1-4,15H,5-7H2,(H2,14,16)(H,17,18). The number of fused-ring (bicyclic) bond motifs is 1. The molecule has 0 saturated carbocycles. The third-order valence-corrected chi connectivity index (χ3v) is 3.94. The largest absolute Gasteiger partial charge is 0.477 e. The fourth-order valence-corrected chi connectivity index (χ4v) is 2.93. The summed E-state index contributed by atoms with van der Waals surface area (Å²) in [5.41, 5.74) is 5.81. The van der Waals surface area contributed by atoms with Crippen LogP contribution in [0.5, 0.6) is 0 Å². The molecule has 4 N–H and O–H groups in total. The predicted molar refractivity (Wildman–Crippen MR) is 74.3 cm³/mol. The lowest BCUT2D eigenvalue weighted by atomic mass is 10.1. The highest BCUT2D eigenvalue weighted by atomic mass is 32.1. The van der Waals surface area contributed by atoms with E-state index in [0.717, 1.165) is 15.6 Å². The van der Waals surface area contributed by atoms with Crippen LogP contribution in [0.2, 0.25) is 0 Å². The SMILES string of the molecule is NC(=O)CCNCc1c(C(=O)O)sc2ccccc12. The summed E-state index contributed by atoms with van der Waals surface area (Å²) in [6, 6.07) is 7.57. The zero-order chi connectivity index (χ0) is 13.8. The highest BCUT2D eigenvalue weighted by Gasteiger charge is 2.16. The van der Waals surface area contributed by atoms with E-state index in [4.69, 9.17) is 5.73 Å². The summed E-state index contributed by atoms with van der Waals surface area (Å²) in [6.45, 7) is 0.859. The molecule has 6 heteroatoms. The average molecular weight is 278 g/mol. The highest BCUT2D eigenvalue weighted by Crippen LogP contribution is 2.31. The van der Waals surface area contributed by atoms with Crippen molar-refractivity contribution >= 4 is 33.3 Å². The van der Waals surface area contributed by atoms with Crippen molar-refractivity contribution in [3.63, 3.8) is 0 Å². The first-order chi connectivity index (χ1) is 9.09. The second-order valence-electron chi connectivity index (χ2n) is 4.10. The van der Waals surface area contributed by atoms with E-state index < -0.39 is 5.97 Å². The van der Waals surface area contributed by atoms with E-state index in [-0.39, 0.29) is 12.3 Å². The maximum Gasteiger partial charge on any atom is 0.346 e. The molecule has 1 aromatic heterocycles. The van der Waals surface area contributed by atoms with Crippen molar-refractivity contribution < 1.29 is 14.7 Å². The molecule has 1 amide bonds. The predicted octanol–water partition coefficient (Wildman–Crippen LogP) is 1.56. The fraction of sp³-hybridized carbons (Fsp3) is 0.231. The summed E-state index contributed by atoms with van der Waals surface area (Å²) in [5, 5.41) is 13.2. The number of nitrogens with one attached hydrogen (secondary N) is 1. The lowest BCUT2D eigenvalue weighted by Gasteiger charge is -2.04. The molecule has 0 saturated heterocycles. The van der Waals surface area contributed by atoms with Gasteiger partial charge in [0, 0.05) is 24.2 Å². The molecular weight excluding hydrogens is 264 g/mol. The summed E-state index contributed by atoms with van der Waals surface area (Å²) in [6.07, 6.45) is 0.241. The Morgan fingerprint density at radius 1 is 1.32 bits per heavy atom. The van der Waals surface area contributed by atoms with Crippen LogP contribution in [0.4, 0.5) is 0 Å². The van der Waals surface area contributed by atoms with Gasteiger partial charge < -0.3 is 16.2 Å². The lowest BCUT2D eigenvalue weighted by Crippen LogP contribution is -2.22. The minimum absolute atomic E-state index is 0.241. The number of carboxylic acid groups (broad SMARTS) is 1. The Kier molecular flexibility index (Phi) is 4.13. The van der Waals surface area contributed by atoms with Crippen molar-refractivity contribution in [1.29, 1.82) is 0 Å². The first-order valence-electron chi connectivity index (χ1n) is 5.82. The molecule has 0 unspecified atom stereocenters. The van der Waals surface area contributed by atoms with Crippen molar-refractivity contribution in [2.45, 2.75) is 13.0 Å². The van der Waals surface area contributed by atoms with Crippen LogP contribution < -0.4 is 11.1 Å². The van der Waals surface area contributed by atoms with Crippen molar-refractivity contribution in [2.24, 2.45) is 5.73 Å². The van der Waals surface area contributed by atoms with Gasteiger partial charge in [0.15, 0.2) is 0 Å². The summed E-state index contributed by atoms with van der Waals surface area (Å²) in [7, 11) is 0. The van der Waals surface area contributed by atoms with E-state index in [1.807, 2.05) is 24.3 Å². The highest BCUT2D eigenvalue weighted by molar-refractivity contribution is 7.21. The smallest absolute Gasteiger partial charge is 0.346 e. The van der Waals surface area contributed by atoms with Gasteiger partial charge in [-0.05, 0) is 17.0 Å². The minimum Gasteiger partial charge on any atom is -0.477 e. The van der Waals surface area contributed by atoms with Gasteiger partial charge in [-0.3, -0.25) is 4.79 Å². The normalized spacial score (nSPS) is 10.7. The monoisotopic (exact) mass is 278 g/mol. The van der Waals surface area contributed by atoms with Crippen LogP contribution in [0.25, 0.3) is 10.1 Å². The number of benzene rings is 1. The minimum atomic E-state index is -0.923. The van der Waals surface area contributed by atoms with E-state index in [1.54, 1.807) is 0 Å². The number of aromatic carboxylic acids is 1. The molecular formula is C13H14N2O3S. The van der Waals surface area contributed by atoms with Crippen molar-refractivity contribution in [3.05, 3.63) is 34.7 Å². The van der Waals surface area contributed by atoms with Gasteiger partial charge in [-0.1, -0.05) is 18.2 Å². The molecule has 1 aromatic carbocycles. The van der Waals surface area contributed by atoms with Gasteiger partial charge in [-0.2, -0.15) is 0 Å². The Bertz CT molecular complexity index is 621. The topological polar surface area (TPSA) is 92.4 Å². The Hall–Kier alpha value is -1.92. The molecule has 0 spiro atoms. The summed E-state index contributed by atoms with van der Waals surface area (Å²) in [5.74, 6) is -1.30. The maximum atomic E-state index is 11.2. The van der Waals surface area contributed by atoms with Gasteiger partial charge in [0.2, 0.25) is 5.91 Å². The molecule has 100 valence electrons. The van der Waals surface area contributed by atoms with E-state index in [1.165, 1.54) is 11.3 Å². The van der Waals surface area contributed by atoms with Crippen LogP contribution in [0.3, 0.4) is 0 Å². The quantitative estimate of drug-likeness (QED) is 0.699. The summed E-state index contributed by atoms with van der Waals surface area (Å²) in [4.78, 5) is 22.2. The zero-order valence-corrected chi connectivity index (χ0v) is 11.0. The molecule has 0 aliphatic heterocycles. The lowest BCUT2D eigenvalue weighted by molar-refractivity contribution is -0.117. The maximum absolute atomic E-state index is 11.2. The van der Waals surface area contributed by atoms with Gasteiger partial charge in [-0.25, -0.2) is 4.79 Å². The average Bonchev–Trinajstić information content (AvgIpc) is 2.73. The number of amides is 1. The van der Waals surface area contributed by atoms with Gasteiger partial charge in [0.1, 0.15) is 4.88 Å². The molecule has 2 rings (SSSR count). The number of hydrogen-bond acceptors (Lipinski definition) is 4. The first kappa shape index (κ1) is 13.5. The Morgan fingerprint density at radius 3 is 2.74 bits per heavy atom. The van der Waals surface area contributed by atoms with Gasteiger partial charge in [0.05, 0.1) is 0 Å². The second-order valence-corrected chi connectivity index (χ2v) is 5.16. The molecule has 2 aromatic rings. The number of rotatable bonds is 6. The van der Waals surface area contributed by atoms with Crippen molar-refractivity contribution in [1.82, 2.24) is 5.32 Å². The van der Waals surface area contributed by atoms with Crippen molar-refractivity contribution in [2.75, 3.05) is 6.54 Å². The van der Waals surface area contributed by atoms with Gasteiger partial charge >= 0.3 is 5.97 Å². The van der Waals surface area contributed by atoms with Crippen LogP contribution >= 0.6 is 11.3 Å².